The molecule has 0 spiro atoms. The van der Waals surface area contributed by atoms with Crippen molar-refractivity contribution >= 4 is 29.9 Å². The first-order valence-corrected chi connectivity index (χ1v) is 6.30. The highest BCUT2D eigenvalue weighted by Gasteiger charge is 2.18. The topological polar surface area (TPSA) is 55.6 Å². The molecular formula is C13H19Cl2FN2O2. The van der Waals surface area contributed by atoms with Crippen molar-refractivity contribution in [1.82, 2.24) is 4.90 Å². The van der Waals surface area contributed by atoms with Crippen LogP contribution < -0.4 is 5.73 Å². The van der Waals surface area contributed by atoms with Crippen molar-refractivity contribution in [3.8, 4) is 0 Å². The Balaban J connectivity index is 0.00000361. The number of benzene rings is 1. The molecule has 1 rings (SSSR count). The summed E-state index contributed by atoms with van der Waals surface area (Å²) < 4.78 is 17.9. The average Bonchev–Trinajstić information content (AvgIpc) is 2.36. The van der Waals surface area contributed by atoms with Gasteiger partial charge in [0.1, 0.15) is 5.82 Å². The molecule has 0 aromatic heterocycles. The first-order chi connectivity index (χ1) is 8.95. The number of carbonyl (C=O) groups is 1. The Hall–Kier alpha value is -0.880. The fraction of sp³-hybridized carbons (Fsp3) is 0.462. The van der Waals surface area contributed by atoms with Gasteiger partial charge in [0.2, 0.25) is 5.91 Å². The van der Waals surface area contributed by atoms with Crippen molar-refractivity contribution < 1.29 is 13.9 Å². The Morgan fingerprint density at radius 2 is 2.20 bits per heavy atom. The lowest BCUT2D eigenvalue weighted by atomic mass is 10.2. The van der Waals surface area contributed by atoms with E-state index in [2.05, 4.69) is 0 Å². The first kappa shape index (κ1) is 19.1. The summed E-state index contributed by atoms with van der Waals surface area (Å²) in [6, 6.07) is 3.50. The molecule has 0 aliphatic rings. The van der Waals surface area contributed by atoms with Crippen LogP contribution in [0.25, 0.3) is 0 Å². The molecule has 0 bridgehead atoms. The Morgan fingerprint density at radius 3 is 2.70 bits per heavy atom. The number of ether oxygens (including phenoxy) is 1. The summed E-state index contributed by atoms with van der Waals surface area (Å²) in [4.78, 5) is 13.5. The number of carbonyl (C=O) groups excluding carboxylic acids is 1. The van der Waals surface area contributed by atoms with Crippen LogP contribution in [0.15, 0.2) is 18.2 Å². The molecule has 7 heteroatoms. The van der Waals surface area contributed by atoms with Gasteiger partial charge in [-0.15, -0.1) is 12.4 Å². The predicted octanol–water partition coefficient (Wildman–Crippen LogP) is 2.22. The Bertz CT molecular complexity index is 444. The van der Waals surface area contributed by atoms with Gasteiger partial charge in [-0.05, 0) is 24.6 Å². The third-order valence-corrected chi connectivity index (χ3v) is 2.99. The number of hydrogen-bond acceptors (Lipinski definition) is 3. The molecule has 4 nitrogen and oxygen atoms in total. The highest BCUT2D eigenvalue weighted by atomic mass is 35.5. The molecule has 1 atom stereocenters. The molecular weight excluding hydrogens is 306 g/mol. The van der Waals surface area contributed by atoms with Gasteiger partial charge in [0.25, 0.3) is 0 Å². The highest BCUT2D eigenvalue weighted by Crippen LogP contribution is 2.19. The molecule has 1 aromatic rings. The first-order valence-electron chi connectivity index (χ1n) is 5.93. The summed E-state index contributed by atoms with van der Waals surface area (Å²) in [6.45, 7) is 2.71. The van der Waals surface area contributed by atoms with Gasteiger partial charge in [0.05, 0.1) is 12.6 Å². The standard InChI is InChI=1S/C13H18ClFN2O2.ClH/c1-9(16)13(18)17(5-6-19-2)8-10-3-4-11(15)7-12(10)14;/h3-4,7,9H,5-6,8,16H2,1-2H3;1H/t9-;/m1./s1. The fourth-order valence-electron chi connectivity index (χ4n) is 1.61. The van der Waals surface area contributed by atoms with E-state index >= 15 is 0 Å². The van der Waals surface area contributed by atoms with E-state index in [0.717, 1.165) is 0 Å². The second-order valence-corrected chi connectivity index (χ2v) is 4.68. The molecule has 0 saturated carbocycles. The van der Waals surface area contributed by atoms with Crippen molar-refractivity contribution in [2.45, 2.75) is 19.5 Å². The largest absolute Gasteiger partial charge is 0.383 e. The zero-order valence-electron chi connectivity index (χ0n) is 11.4. The van der Waals surface area contributed by atoms with E-state index in [1.807, 2.05) is 0 Å². The van der Waals surface area contributed by atoms with Crippen LogP contribution in [0.3, 0.4) is 0 Å². The molecule has 114 valence electrons. The third kappa shape index (κ3) is 5.63. The zero-order valence-corrected chi connectivity index (χ0v) is 13.0. The van der Waals surface area contributed by atoms with Crippen LogP contribution in [0.4, 0.5) is 4.39 Å². The normalized spacial score (nSPS) is 11.7. The fourth-order valence-corrected chi connectivity index (χ4v) is 1.84. The average molecular weight is 325 g/mol. The predicted molar refractivity (Wildman–Crippen MR) is 79.6 cm³/mol. The Labute approximate surface area is 129 Å². The maximum absolute atomic E-state index is 13.0. The highest BCUT2D eigenvalue weighted by molar-refractivity contribution is 6.31. The second-order valence-electron chi connectivity index (χ2n) is 4.28. The molecule has 2 N–H and O–H groups in total. The van der Waals surface area contributed by atoms with E-state index in [-0.39, 0.29) is 24.9 Å². The summed E-state index contributed by atoms with van der Waals surface area (Å²) in [5, 5.41) is 0.292. The van der Waals surface area contributed by atoms with Crippen LogP contribution in [-0.2, 0) is 16.1 Å². The minimum absolute atomic E-state index is 0. The van der Waals surface area contributed by atoms with Gasteiger partial charge in [0, 0.05) is 25.2 Å². The lowest BCUT2D eigenvalue weighted by Gasteiger charge is -2.24. The summed E-state index contributed by atoms with van der Waals surface area (Å²) in [6.07, 6.45) is 0. The summed E-state index contributed by atoms with van der Waals surface area (Å²) >= 11 is 5.95. The molecule has 0 aliphatic carbocycles. The molecule has 1 aromatic carbocycles. The molecule has 0 unspecified atom stereocenters. The van der Waals surface area contributed by atoms with E-state index in [1.165, 1.54) is 12.1 Å². The van der Waals surface area contributed by atoms with Crippen molar-refractivity contribution in [2.24, 2.45) is 5.73 Å². The van der Waals surface area contributed by atoms with Gasteiger partial charge < -0.3 is 15.4 Å². The third-order valence-electron chi connectivity index (χ3n) is 2.64. The van der Waals surface area contributed by atoms with E-state index in [9.17, 15) is 9.18 Å². The number of hydrogen-bond donors (Lipinski definition) is 1. The second kappa shape index (κ2) is 9.13. The number of halogens is 3. The summed E-state index contributed by atoms with van der Waals surface area (Å²) in [5.74, 6) is -0.604. The molecule has 0 heterocycles. The Morgan fingerprint density at radius 1 is 1.55 bits per heavy atom. The smallest absolute Gasteiger partial charge is 0.239 e. The molecule has 1 amide bonds. The van der Waals surface area contributed by atoms with Gasteiger partial charge in [-0.1, -0.05) is 17.7 Å². The summed E-state index contributed by atoms with van der Waals surface area (Å²) in [5.41, 5.74) is 6.27. The van der Waals surface area contributed by atoms with Gasteiger partial charge >= 0.3 is 0 Å². The maximum Gasteiger partial charge on any atom is 0.239 e. The van der Waals surface area contributed by atoms with Crippen LogP contribution in [-0.4, -0.2) is 37.1 Å². The molecule has 0 saturated heterocycles. The van der Waals surface area contributed by atoms with Crippen LogP contribution in [0.5, 0.6) is 0 Å². The van der Waals surface area contributed by atoms with Gasteiger partial charge in [-0.3, -0.25) is 4.79 Å². The van der Waals surface area contributed by atoms with Crippen LogP contribution in [0.1, 0.15) is 12.5 Å². The monoisotopic (exact) mass is 324 g/mol. The molecule has 0 radical (unpaired) electrons. The number of rotatable bonds is 6. The van der Waals surface area contributed by atoms with Crippen LogP contribution >= 0.6 is 24.0 Å². The van der Waals surface area contributed by atoms with Gasteiger partial charge in [-0.25, -0.2) is 4.39 Å². The van der Waals surface area contributed by atoms with Crippen LogP contribution in [0, 0.1) is 5.82 Å². The minimum Gasteiger partial charge on any atom is -0.383 e. The minimum atomic E-state index is -0.601. The number of amides is 1. The van der Waals surface area contributed by atoms with E-state index in [0.29, 0.717) is 23.7 Å². The quantitative estimate of drug-likeness (QED) is 0.873. The SMILES string of the molecule is COCCN(Cc1ccc(F)cc1Cl)C(=O)[C@@H](C)N.Cl. The van der Waals surface area contributed by atoms with E-state index < -0.39 is 11.9 Å². The van der Waals surface area contributed by atoms with E-state index in [1.54, 1.807) is 25.0 Å². The van der Waals surface area contributed by atoms with Gasteiger partial charge in [-0.2, -0.15) is 0 Å². The van der Waals surface area contributed by atoms with Crippen LogP contribution in [0.2, 0.25) is 5.02 Å². The van der Waals surface area contributed by atoms with Crippen molar-refractivity contribution in [3.05, 3.63) is 34.6 Å². The van der Waals surface area contributed by atoms with Crippen molar-refractivity contribution in [3.63, 3.8) is 0 Å². The molecule has 20 heavy (non-hydrogen) atoms. The zero-order chi connectivity index (χ0) is 14.4. The lowest BCUT2D eigenvalue weighted by molar-refractivity contribution is -0.133. The van der Waals surface area contributed by atoms with E-state index in [4.69, 9.17) is 22.1 Å². The molecule has 0 fully saturated rings. The van der Waals surface area contributed by atoms with Crippen molar-refractivity contribution in [2.75, 3.05) is 20.3 Å². The lowest BCUT2D eigenvalue weighted by Crippen LogP contribution is -2.43. The number of nitrogens with zero attached hydrogens (tertiary/aromatic N) is 1. The van der Waals surface area contributed by atoms with Crippen molar-refractivity contribution in [1.29, 1.82) is 0 Å². The Kier molecular flexibility index (Phi) is 8.73. The number of methoxy groups -OCH3 is 1. The van der Waals surface area contributed by atoms with Gasteiger partial charge in [0.15, 0.2) is 0 Å². The summed E-state index contributed by atoms with van der Waals surface area (Å²) in [7, 11) is 1.55. The number of nitrogens with two attached hydrogens (primary N) is 1. The molecule has 0 aliphatic heterocycles. The maximum atomic E-state index is 13.0.